The Labute approximate surface area is 168 Å². The predicted molar refractivity (Wildman–Crippen MR) is 112 cm³/mol. The summed E-state index contributed by atoms with van der Waals surface area (Å²) in [7, 11) is 0. The van der Waals surface area contributed by atoms with Gasteiger partial charge in [0, 0.05) is 37.1 Å². The van der Waals surface area contributed by atoms with Gasteiger partial charge in [-0.1, -0.05) is 30.3 Å². The van der Waals surface area contributed by atoms with Crippen LogP contribution in [-0.4, -0.2) is 51.4 Å². The van der Waals surface area contributed by atoms with Crippen LogP contribution in [0.25, 0.3) is 10.2 Å². The second-order valence-corrected chi connectivity index (χ2v) is 8.49. The van der Waals surface area contributed by atoms with E-state index in [1.807, 2.05) is 24.0 Å². The van der Waals surface area contributed by atoms with Gasteiger partial charge in [0.1, 0.15) is 11.4 Å². The van der Waals surface area contributed by atoms with Crippen LogP contribution in [0.2, 0.25) is 0 Å². The van der Waals surface area contributed by atoms with Crippen LogP contribution < -0.4 is 5.56 Å². The van der Waals surface area contributed by atoms with E-state index in [1.165, 1.54) is 27.8 Å². The first-order chi connectivity index (χ1) is 13.5. The number of rotatable bonds is 4. The monoisotopic (exact) mass is 396 g/mol. The van der Waals surface area contributed by atoms with Gasteiger partial charge in [-0.3, -0.25) is 19.1 Å². The van der Waals surface area contributed by atoms with Gasteiger partial charge in [-0.15, -0.1) is 11.3 Å². The fraction of sp³-hybridized carbons (Fsp3) is 0.381. The number of fused-ring (bicyclic) bond motifs is 1. The number of aryl methyl sites for hydroxylation is 1. The van der Waals surface area contributed by atoms with Crippen molar-refractivity contribution in [3.05, 3.63) is 63.5 Å². The summed E-state index contributed by atoms with van der Waals surface area (Å²) < 4.78 is 1.43. The quantitative estimate of drug-likeness (QED) is 0.680. The highest BCUT2D eigenvalue weighted by atomic mass is 32.1. The first-order valence-electron chi connectivity index (χ1n) is 9.55. The number of carbonyl (C=O) groups excluding carboxylic acids is 1. The fourth-order valence-corrected chi connectivity index (χ4v) is 4.58. The number of amides is 1. The minimum atomic E-state index is -0.140. The van der Waals surface area contributed by atoms with Crippen LogP contribution in [0.4, 0.5) is 0 Å². The molecule has 1 aromatic carbocycles. The smallest absolute Gasteiger partial charge is 0.262 e. The van der Waals surface area contributed by atoms with E-state index >= 15 is 0 Å². The van der Waals surface area contributed by atoms with Crippen molar-refractivity contribution in [1.82, 2.24) is 19.4 Å². The molecule has 4 rings (SSSR count). The normalized spacial score (nSPS) is 16.4. The maximum absolute atomic E-state index is 12.7. The lowest BCUT2D eigenvalue weighted by molar-refractivity contribution is -0.134. The highest BCUT2D eigenvalue weighted by Crippen LogP contribution is 2.22. The van der Waals surface area contributed by atoms with Crippen LogP contribution in [0.5, 0.6) is 0 Å². The molecule has 3 aromatic rings. The molecule has 2 aromatic heterocycles. The number of carbonyl (C=O) groups is 1. The standard InChI is InChI=1S/C21H24N4O2S/c1-15-12-18-20(28-15)22-14-25(21(18)27)13-19(26)24-10-8-23(9-11-24)16(2)17-6-4-3-5-7-17/h3-7,12,14,16H,8-11,13H2,1-2H3/t16-/m0/s1. The second kappa shape index (κ2) is 7.85. The lowest BCUT2D eigenvalue weighted by Crippen LogP contribution is -2.50. The van der Waals surface area contributed by atoms with E-state index in [-0.39, 0.29) is 18.0 Å². The Bertz CT molecular complexity index is 1040. The van der Waals surface area contributed by atoms with Crippen molar-refractivity contribution in [2.24, 2.45) is 0 Å². The van der Waals surface area contributed by atoms with Gasteiger partial charge in [0.2, 0.25) is 5.91 Å². The summed E-state index contributed by atoms with van der Waals surface area (Å²) in [6, 6.07) is 12.6. The summed E-state index contributed by atoms with van der Waals surface area (Å²) in [5.74, 6) is -0.0257. The van der Waals surface area contributed by atoms with Crippen molar-refractivity contribution >= 4 is 27.5 Å². The number of hydrogen-bond acceptors (Lipinski definition) is 5. The molecule has 6 nitrogen and oxygen atoms in total. The molecular weight excluding hydrogens is 372 g/mol. The second-order valence-electron chi connectivity index (χ2n) is 7.26. The maximum atomic E-state index is 12.7. The third-order valence-electron chi connectivity index (χ3n) is 5.44. The molecule has 1 aliphatic heterocycles. The maximum Gasteiger partial charge on any atom is 0.262 e. The molecule has 0 bridgehead atoms. The van der Waals surface area contributed by atoms with Gasteiger partial charge in [-0.05, 0) is 25.5 Å². The average Bonchev–Trinajstić information content (AvgIpc) is 3.11. The molecule has 3 heterocycles. The lowest BCUT2D eigenvalue weighted by atomic mass is 10.1. The first-order valence-corrected chi connectivity index (χ1v) is 10.4. The summed E-state index contributed by atoms with van der Waals surface area (Å²) in [6.45, 7) is 7.23. The minimum Gasteiger partial charge on any atom is -0.339 e. The van der Waals surface area contributed by atoms with Crippen LogP contribution >= 0.6 is 11.3 Å². The molecule has 0 saturated carbocycles. The predicted octanol–water partition coefficient (Wildman–Crippen LogP) is 2.67. The Balaban J connectivity index is 1.39. The van der Waals surface area contributed by atoms with E-state index in [4.69, 9.17) is 0 Å². The van der Waals surface area contributed by atoms with Gasteiger partial charge in [0.25, 0.3) is 5.56 Å². The first kappa shape index (κ1) is 18.8. The van der Waals surface area contributed by atoms with E-state index in [1.54, 1.807) is 0 Å². The average molecular weight is 397 g/mol. The third-order valence-corrected chi connectivity index (χ3v) is 6.40. The molecule has 146 valence electrons. The van der Waals surface area contributed by atoms with E-state index < -0.39 is 0 Å². The number of benzene rings is 1. The van der Waals surface area contributed by atoms with Gasteiger partial charge >= 0.3 is 0 Å². The van der Waals surface area contributed by atoms with Crippen molar-refractivity contribution in [1.29, 1.82) is 0 Å². The molecule has 0 spiro atoms. The van der Waals surface area contributed by atoms with Gasteiger partial charge in [-0.2, -0.15) is 0 Å². The Hall–Kier alpha value is -2.51. The summed E-state index contributed by atoms with van der Waals surface area (Å²) in [5.41, 5.74) is 1.15. The van der Waals surface area contributed by atoms with E-state index in [0.717, 1.165) is 22.8 Å². The SMILES string of the molecule is Cc1cc2c(=O)n(CC(=O)N3CCN([C@@H](C)c4ccccc4)CC3)cnc2s1. The van der Waals surface area contributed by atoms with Crippen molar-refractivity contribution in [2.75, 3.05) is 26.2 Å². The van der Waals surface area contributed by atoms with E-state index in [0.29, 0.717) is 24.5 Å². The molecule has 0 N–H and O–H groups in total. The van der Waals surface area contributed by atoms with Crippen molar-refractivity contribution in [3.63, 3.8) is 0 Å². The Kier molecular flexibility index (Phi) is 5.28. The number of aromatic nitrogens is 2. The molecule has 0 unspecified atom stereocenters. The summed E-state index contributed by atoms with van der Waals surface area (Å²) in [4.78, 5) is 35.7. The van der Waals surface area contributed by atoms with Crippen molar-refractivity contribution in [2.45, 2.75) is 26.4 Å². The zero-order valence-electron chi connectivity index (χ0n) is 16.2. The number of thiophene rings is 1. The Morgan fingerprint density at radius 3 is 2.61 bits per heavy atom. The lowest BCUT2D eigenvalue weighted by Gasteiger charge is -2.38. The van der Waals surface area contributed by atoms with E-state index in [2.05, 4.69) is 41.1 Å². The summed E-state index contributed by atoms with van der Waals surface area (Å²) >= 11 is 1.50. The highest BCUT2D eigenvalue weighted by molar-refractivity contribution is 7.18. The van der Waals surface area contributed by atoms with Crippen LogP contribution in [0.3, 0.4) is 0 Å². The topological polar surface area (TPSA) is 58.4 Å². The zero-order valence-corrected chi connectivity index (χ0v) is 17.0. The molecular formula is C21H24N4O2S. The van der Waals surface area contributed by atoms with Crippen LogP contribution in [0, 0.1) is 6.92 Å². The molecule has 7 heteroatoms. The zero-order chi connectivity index (χ0) is 19.7. The Morgan fingerprint density at radius 2 is 1.89 bits per heavy atom. The van der Waals surface area contributed by atoms with Crippen LogP contribution in [0.1, 0.15) is 23.4 Å². The van der Waals surface area contributed by atoms with Crippen molar-refractivity contribution in [3.8, 4) is 0 Å². The van der Waals surface area contributed by atoms with Gasteiger partial charge in [0.15, 0.2) is 0 Å². The third kappa shape index (κ3) is 3.72. The number of piperazine rings is 1. The van der Waals surface area contributed by atoms with Gasteiger partial charge in [-0.25, -0.2) is 4.98 Å². The molecule has 0 radical (unpaired) electrons. The molecule has 28 heavy (non-hydrogen) atoms. The molecule has 1 saturated heterocycles. The van der Waals surface area contributed by atoms with Crippen LogP contribution in [-0.2, 0) is 11.3 Å². The van der Waals surface area contributed by atoms with Gasteiger partial charge in [0.05, 0.1) is 11.7 Å². The molecule has 1 amide bonds. The highest BCUT2D eigenvalue weighted by Gasteiger charge is 2.25. The molecule has 1 fully saturated rings. The largest absolute Gasteiger partial charge is 0.339 e. The minimum absolute atomic E-state index is 0.0257. The van der Waals surface area contributed by atoms with E-state index in [9.17, 15) is 9.59 Å². The molecule has 0 aliphatic carbocycles. The Morgan fingerprint density at radius 1 is 1.18 bits per heavy atom. The molecule has 1 aliphatic rings. The number of nitrogens with zero attached hydrogens (tertiary/aromatic N) is 4. The summed E-state index contributed by atoms with van der Waals surface area (Å²) in [5, 5.41) is 0.597. The fourth-order valence-electron chi connectivity index (χ4n) is 3.74. The van der Waals surface area contributed by atoms with Crippen LogP contribution in [0.15, 0.2) is 47.5 Å². The van der Waals surface area contributed by atoms with Crippen molar-refractivity contribution < 1.29 is 4.79 Å². The number of hydrogen-bond donors (Lipinski definition) is 0. The van der Waals surface area contributed by atoms with Gasteiger partial charge < -0.3 is 4.90 Å². The molecule has 1 atom stereocenters. The summed E-state index contributed by atoms with van der Waals surface area (Å²) in [6.07, 6.45) is 1.49.